The SMILES string of the molecule is O=[P+]1OCCS1. The molecule has 6 heavy (non-hydrogen) atoms. The van der Waals surface area contributed by atoms with Gasteiger partial charge in [-0.2, -0.15) is 0 Å². The van der Waals surface area contributed by atoms with Gasteiger partial charge in [-0.15, -0.1) is 4.52 Å². The molecule has 0 saturated carbocycles. The number of hydrogen-bond acceptors (Lipinski definition) is 3. The van der Waals surface area contributed by atoms with Gasteiger partial charge in [0.15, 0.2) is 11.4 Å². The normalized spacial score (nSPS) is 28.3. The van der Waals surface area contributed by atoms with E-state index in [0.29, 0.717) is 6.61 Å². The van der Waals surface area contributed by atoms with Gasteiger partial charge in [0.25, 0.3) is 0 Å². The van der Waals surface area contributed by atoms with E-state index in [-0.39, 0.29) is 0 Å². The van der Waals surface area contributed by atoms with Crippen LogP contribution in [0.3, 0.4) is 0 Å². The molecular formula is C2H4O2PS+. The Morgan fingerprint density at radius 1 is 1.83 bits per heavy atom. The molecule has 0 spiro atoms. The minimum absolute atomic E-state index is 0.667. The fourth-order valence-electron chi connectivity index (χ4n) is 0.261. The van der Waals surface area contributed by atoms with Crippen LogP contribution in [0, 0.1) is 0 Å². The summed E-state index contributed by atoms with van der Waals surface area (Å²) in [5.41, 5.74) is 0. The van der Waals surface area contributed by atoms with E-state index in [1.165, 1.54) is 11.4 Å². The van der Waals surface area contributed by atoms with E-state index >= 15 is 0 Å². The van der Waals surface area contributed by atoms with Crippen molar-refractivity contribution in [3.8, 4) is 0 Å². The smallest absolute Gasteiger partial charge is 0.135 e. The molecule has 1 unspecified atom stereocenters. The first-order valence-electron chi connectivity index (χ1n) is 1.63. The van der Waals surface area contributed by atoms with Crippen LogP contribution in [0.25, 0.3) is 0 Å². The molecule has 1 heterocycles. The summed E-state index contributed by atoms with van der Waals surface area (Å²) in [6.07, 6.45) is 0. The third-order valence-electron chi connectivity index (χ3n) is 0.477. The highest BCUT2D eigenvalue weighted by Gasteiger charge is 2.26. The highest BCUT2D eigenvalue weighted by Crippen LogP contribution is 2.43. The third kappa shape index (κ3) is 0.934. The van der Waals surface area contributed by atoms with Crippen LogP contribution in [-0.4, -0.2) is 12.4 Å². The molecule has 34 valence electrons. The van der Waals surface area contributed by atoms with Crippen LogP contribution in [-0.2, 0) is 9.09 Å². The van der Waals surface area contributed by atoms with Gasteiger partial charge in [-0.25, -0.2) is 0 Å². The molecule has 4 heteroatoms. The molecule has 0 aromatic rings. The molecule has 1 rings (SSSR count). The molecule has 1 fully saturated rings. The fraction of sp³-hybridized carbons (Fsp3) is 1.00. The van der Waals surface area contributed by atoms with Crippen LogP contribution in [0.2, 0.25) is 0 Å². The third-order valence-corrected chi connectivity index (χ3v) is 2.93. The second-order valence-electron chi connectivity index (χ2n) is 0.890. The van der Waals surface area contributed by atoms with Crippen molar-refractivity contribution in [2.75, 3.05) is 12.4 Å². The van der Waals surface area contributed by atoms with E-state index in [0.717, 1.165) is 5.75 Å². The highest BCUT2D eigenvalue weighted by atomic mass is 32.7. The molecule has 2 nitrogen and oxygen atoms in total. The summed E-state index contributed by atoms with van der Waals surface area (Å²) >= 11 is 1.38. The molecule has 0 radical (unpaired) electrons. The Bertz CT molecular complexity index is 65.9. The van der Waals surface area contributed by atoms with Gasteiger partial charge in [-0.1, -0.05) is 0 Å². The summed E-state index contributed by atoms with van der Waals surface area (Å²) in [7, 11) is -1.30. The molecule has 1 aliphatic rings. The van der Waals surface area contributed by atoms with Gasteiger partial charge >= 0.3 is 7.23 Å². The number of hydrogen-bond donors (Lipinski definition) is 0. The van der Waals surface area contributed by atoms with Gasteiger partial charge in [0.1, 0.15) is 6.61 Å². The zero-order chi connectivity index (χ0) is 4.41. The van der Waals surface area contributed by atoms with Crippen LogP contribution in [0.5, 0.6) is 0 Å². The summed E-state index contributed by atoms with van der Waals surface area (Å²) in [6.45, 7) is 0.667. The van der Waals surface area contributed by atoms with Crippen LogP contribution in [0.15, 0.2) is 0 Å². The molecule has 1 saturated heterocycles. The topological polar surface area (TPSA) is 26.3 Å². The average Bonchev–Trinajstić information content (AvgIpc) is 1.86. The summed E-state index contributed by atoms with van der Waals surface area (Å²) in [6, 6.07) is 0. The van der Waals surface area contributed by atoms with E-state index in [9.17, 15) is 4.57 Å². The fourth-order valence-corrected chi connectivity index (χ4v) is 2.12. The van der Waals surface area contributed by atoms with Crippen molar-refractivity contribution in [2.24, 2.45) is 0 Å². The second kappa shape index (κ2) is 1.92. The van der Waals surface area contributed by atoms with E-state index in [1.54, 1.807) is 0 Å². The molecule has 1 aliphatic heterocycles. The van der Waals surface area contributed by atoms with Crippen molar-refractivity contribution in [3.63, 3.8) is 0 Å². The molecule has 0 bridgehead atoms. The summed E-state index contributed by atoms with van der Waals surface area (Å²) in [5.74, 6) is 0.898. The zero-order valence-corrected chi connectivity index (χ0v) is 4.80. The molecule has 0 aromatic carbocycles. The Kier molecular flexibility index (Phi) is 1.46. The van der Waals surface area contributed by atoms with Crippen molar-refractivity contribution < 1.29 is 9.09 Å². The van der Waals surface area contributed by atoms with Crippen molar-refractivity contribution in [2.45, 2.75) is 0 Å². The average molecular weight is 123 g/mol. The first-order valence-corrected chi connectivity index (χ1v) is 4.39. The van der Waals surface area contributed by atoms with E-state index < -0.39 is 7.23 Å². The molecule has 0 N–H and O–H groups in total. The van der Waals surface area contributed by atoms with Crippen molar-refractivity contribution in [3.05, 3.63) is 0 Å². The van der Waals surface area contributed by atoms with Crippen molar-refractivity contribution >= 4 is 18.6 Å². The summed E-state index contributed by atoms with van der Waals surface area (Å²) < 4.78 is 14.8. The van der Waals surface area contributed by atoms with E-state index in [1.807, 2.05) is 0 Å². The lowest BCUT2D eigenvalue weighted by atomic mass is 10.9. The van der Waals surface area contributed by atoms with Crippen molar-refractivity contribution in [1.82, 2.24) is 0 Å². The zero-order valence-electron chi connectivity index (χ0n) is 3.09. The van der Waals surface area contributed by atoms with Crippen LogP contribution >= 0.6 is 18.6 Å². The molecular weight excluding hydrogens is 119 g/mol. The van der Waals surface area contributed by atoms with Crippen LogP contribution < -0.4 is 0 Å². The predicted molar refractivity (Wildman–Crippen MR) is 26.0 cm³/mol. The Balaban J connectivity index is 2.37. The monoisotopic (exact) mass is 123 g/mol. The van der Waals surface area contributed by atoms with Gasteiger partial charge in [0.2, 0.25) is 0 Å². The maximum Gasteiger partial charge on any atom is 0.585 e. The lowest BCUT2D eigenvalue weighted by Crippen LogP contribution is -1.74. The Morgan fingerprint density at radius 2 is 2.67 bits per heavy atom. The lowest BCUT2D eigenvalue weighted by molar-refractivity contribution is 0.374. The minimum Gasteiger partial charge on any atom is -0.135 e. The molecule has 0 aromatic heterocycles. The maximum atomic E-state index is 10.1. The van der Waals surface area contributed by atoms with E-state index in [4.69, 9.17) is 0 Å². The quantitative estimate of drug-likeness (QED) is 0.455. The Hall–Kier alpha value is 0.410. The van der Waals surface area contributed by atoms with Crippen LogP contribution in [0.1, 0.15) is 0 Å². The largest absolute Gasteiger partial charge is 0.585 e. The second-order valence-corrected chi connectivity index (χ2v) is 3.93. The molecule has 1 atom stereocenters. The van der Waals surface area contributed by atoms with Crippen molar-refractivity contribution in [1.29, 1.82) is 0 Å². The standard InChI is InChI=1S/C2H4O2PS/c3-5-4-1-2-6-5/h1-2H2/q+1. The van der Waals surface area contributed by atoms with Gasteiger partial charge in [0, 0.05) is 0 Å². The summed E-state index contributed by atoms with van der Waals surface area (Å²) in [5, 5.41) is 0. The first kappa shape index (κ1) is 4.57. The highest BCUT2D eigenvalue weighted by molar-refractivity contribution is 8.50. The summed E-state index contributed by atoms with van der Waals surface area (Å²) in [4.78, 5) is 0. The van der Waals surface area contributed by atoms with Gasteiger partial charge < -0.3 is 0 Å². The van der Waals surface area contributed by atoms with Gasteiger partial charge in [-0.05, 0) is 4.57 Å². The lowest BCUT2D eigenvalue weighted by Gasteiger charge is -1.58. The predicted octanol–water partition coefficient (Wildman–Crippen LogP) is 1.41. The van der Waals surface area contributed by atoms with Gasteiger partial charge in [-0.3, -0.25) is 0 Å². The Morgan fingerprint density at radius 3 is 2.83 bits per heavy atom. The maximum absolute atomic E-state index is 10.1. The Labute approximate surface area is 40.9 Å². The first-order chi connectivity index (χ1) is 2.89. The van der Waals surface area contributed by atoms with E-state index in [2.05, 4.69) is 4.52 Å². The van der Waals surface area contributed by atoms with Crippen LogP contribution in [0.4, 0.5) is 0 Å². The molecule has 0 aliphatic carbocycles. The molecule has 0 amide bonds. The minimum atomic E-state index is -1.30. The van der Waals surface area contributed by atoms with Gasteiger partial charge in [0.05, 0.1) is 5.75 Å². The number of rotatable bonds is 0.